The van der Waals surface area contributed by atoms with E-state index in [1.54, 1.807) is 17.9 Å². The monoisotopic (exact) mass is 657 g/mol. The number of hydrogen-bond acceptors (Lipinski definition) is 6. The van der Waals surface area contributed by atoms with Crippen LogP contribution in [0.3, 0.4) is 0 Å². The molecule has 1 heterocycles. The van der Waals surface area contributed by atoms with E-state index in [-0.39, 0.29) is 29.5 Å². The second-order valence-corrected chi connectivity index (χ2v) is 12.4. The van der Waals surface area contributed by atoms with Gasteiger partial charge in [-0.15, -0.1) is 0 Å². The van der Waals surface area contributed by atoms with E-state index in [2.05, 4.69) is 10.2 Å². The predicted molar refractivity (Wildman–Crippen MR) is 181 cm³/mol. The lowest BCUT2D eigenvalue weighted by molar-refractivity contribution is -0.140. The number of nitrogens with one attached hydrogen (secondary N) is 1. The lowest BCUT2D eigenvalue weighted by atomic mass is 9.98. The molecule has 0 unspecified atom stereocenters. The molecule has 2 amide bonds. The molecule has 10 heteroatoms. The van der Waals surface area contributed by atoms with Crippen LogP contribution in [0.1, 0.15) is 40.9 Å². The summed E-state index contributed by atoms with van der Waals surface area (Å²) in [5.41, 5.74) is 1.70. The van der Waals surface area contributed by atoms with Gasteiger partial charge in [-0.3, -0.25) is 14.5 Å². The van der Waals surface area contributed by atoms with Gasteiger partial charge >= 0.3 is 5.92 Å². The molecule has 0 saturated heterocycles. The highest BCUT2D eigenvalue weighted by Gasteiger charge is 2.42. The molecule has 1 aliphatic rings. The Bertz CT molecular complexity index is 1720. The molecule has 0 saturated carbocycles. The number of anilines is 1. The maximum Gasteiger partial charge on any atom is 0.350 e. The van der Waals surface area contributed by atoms with Gasteiger partial charge in [-0.25, -0.2) is 0 Å². The third-order valence-electron chi connectivity index (χ3n) is 8.55. The highest BCUT2D eigenvalue weighted by atomic mass is 19.3. The summed E-state index contributed by atoms with van der Waals surface area (Å²) in [6, 6.07) is 26.4. The van der Waals surface area contributed by atoms with Crippen molar-refractivity contribution in [3.63, 3.8) is 0 Å². The van der Waals surface area contributed by atoms with Crippen molar-refractivity contribution >= 4 is 17.5 Å². The minimum atomic E-state index is -3.83. The van der Waals surface area contributed by atoms with Gasteiger partial charge in [0.15, 0.2) is 5.75 Å². The van der Waals surface area contributed by atoms with E-state index in [4.69, 9.17) is 9.47 Å². The molecule has 0 radical (unpaired) electrons. The maximum atomic E-state index is 15.2. The number of likely N-dealkylation sites (N-methyl/N-ethyl adjacent to an activating group) is 1. The quantitative estimate of drug-likeness (QED) is 0.183. The van der Waals surface area contributed by atoms with Crippen molar-refractivity contribution in [3.8, 4) is 17.2 Å². The summed E-state index contributed by atoms with van der Waals surface area (Å²) < 4.78 is 42.9. The zero-order chi connectivity index (χ0) is 34.4. The van der Waals surface area contributed by atoms with Gasteiger partial charge in [0.1, 0.15) is 17.6 Å². The molecular formula is C38H41F2N3O5. The van der Waals surface area contributed by atoms with Crippen LogP contribution in [0.5, 0.6) is 17.2 Å². The number of alkyl halides is 2. The van der Waals surface area contributed by atoms with Gasteiger partial charge in [-0.1, -0.05) is 73.7 Å². The van der Waals surface area contributed by atoms with Crippen molar-refractivity contribution < 1.29 is 33.0 Å². The molecule has 3 atom stereocenters. The number of para-hydroxylation sites is 2. The average molecular weight is 658 g/mol. The number of nitrogens with zero attached hydrogens (tertiary/aromatic N) is 2. The largest absolute Gasteiger partial charge is 0.486 e. The van der Waals surface area contributed by atoms with Gasteiger partial charge in [0.25, 0.3) is 11.8 Å². The normalized spacial score (nSPS) is 17.2. The van der Waals surface area contributed by atoms with Gasteiger partial charge in [0.2, 0.25) is 0 Å². The predicted octanol–water partition coefficient (Wildman–Crippen LogP) is 6.87. The molecule has 0 aromatic heterocycles. The SMILES string of the molecule is Cc1ccccc1Oc1ccc(CN(C)C[C@H]2Oc3c(NC(=O)C(F)(F)c4ccccc4)cccc3C(=O)N([C@@H](C)CO)C[C@H]2C)cc1. The van der Waals surface area contributed by atoms with E-state index >= 15 is 8.78 Å². The number of aliphatic hydroxyl groups excluding tert-OH is 1. The molecule has 4 aromatic carbocycles. The minimum absolute atomic E-state index is 0.0116. The summed E-state index contributed by atoms with van der Waals surface area (Å²) in [6.45, 7) is 6.70. The maximum absolute atomic E-state index is 15.2. The van der Waals surface area contributed by atoms with Gasteiger partial charge in [0.05, 0.1) is 23.9 Å². The zero-order valence-corrected chi connectivity index (χ0v) is 27.5. The molecule has 2 N–H and O–H groups in total. The molecule has 0 spiro atoms. The number of benzene rings is 4. The Balaban J connectivity index is 1.38. The highest BCUT2D eigenvalue weighted by Crippen LogP contribution is 2.37. The summed E-state index contributed by atoms with van der Waals surface area (Å²) in [7, 11) is 1.95. The summed E-state index contributed by atoms with van der Waals surface area (Å²) >= 11 is 0. The molecule has 8 nitrogen and oxygen atoms in total. The standard InChI is InChI=1S/C38H41F2N3O5/c1-25-11-8-9-16-33(25)47-30-19-17-28(18-20-30)22-42(4)23-34-26(2)21-43(27(3)24-44)36(45)31-14-10-15-32(35(31)48-34)41-37(46)38(39,40)29-12-6-5-7-13-29/h5-20,26-27,34,44H,21-24H2,1-4H3,(H,41,46)/t26-,27+,34-/m1/s1. The first-order valence-electron chi connectivity index (χ1n) is 15.9. The number of rotatable bonds is 11. The summed E-state index contributed by atoms with van der Waals surface area (Å²) in [4.78, 5) is 30.4. The molecule has 0 fully saturated rings. The van der Waals surface area contributed by atoms with E-state index < -0.39 is 35.4 Å². The molecular weight excluding hydrogens is 616 g/mol. The first-order chi connectivity index (χ1) is 23.0. The topological polar surface area (TPSA) is 91.3 Å². The second-order valence-electron chi connectivity index (χ2n) is 12.4. The van der Waals surface area contributed by atoms with Crippen molar-refractivity contribution in [3.05, 3.63) is 119 Å². The summed E-state index contributed by atoms with van der Waals surface area (Å²) in [6.07, 6.45) is -0.508. The number of amides is 2. The van der Waals surface area contributed by atoms with Crippen molar-refractivity contribution in [2.45, 2.75) is 45.4 Å². The summed E-state index contributed by atoms with van der Waals surface area (Å²) in [5.74, 6) is -4.50. The van der Waals surface area contributed by atoms with Crippen LogP contribution in [0.4, 0.5) is 14.5 Å². The van der Waals surface area contributed by atoms with Crippen molar-refractivity contribution in [1.82, 2.24) is 9.80 Å². The molecule has 1 aliphatic heterocycles. The number of aryl methyl sites for hydroxylation is 1. The average Bonchev–Trinajstić information content (AvgIpc) is 3.08. The number of ether oxygens (including phenoxy) is 2. The van der Waals surface area contributed by atoms with Crippen LogP contribution in [-0.2, 0) is 17.3 Å². The molecule has 5 rings (SSSR count). The number of halogens is 2. The molecule has 252 valence electrons. The molecule has 4 aromatic rings. The number of hydrogen-bond donors (Lipinski definition) is 2. The van der Waals surface area contributed by atoms with E-state index in [1.165, 1.54) is 42.5 Å². The Morgan fingerprint density at radius 3 is 2.42 bits per heavy atom. The van der Waals surface area contributed by atoms with Crippen molar-refractivity contribution in [2.75, 3.05) is 32.1 Å². The Morgan fingerprint density at radius 1 is 1.04 bits per heavy atom. The van der Waals surface area contributed by atoms with Gasteiger partial charge in [0, 0.05) is 31.1 Å². The van der Waals surface area contributed by atoms with E-state index in [9.17, 15) is 14.7 Å². The lowest BCUT2D eigenvalue weighted by Crippen LogP contribution is -2.49. The third kappa shape index (κ3) is 7.83. The number of carbonyl (C=O) groups is 2. The smallest absolute Gasteiger partial charge is 0.350 e. The van der Waals surface area contributed by atoms with Gasteiger partial charge in [-0.2, -0.15) is 8.78 Å². The van der Waals surface area contributed by atoms with Crippen LogP contribution < -0.4 is 14.8 Å². The van der Waals surface area contributed by atoms with Gasteiger partial charge in [-0.05, 0) is 62.4 Å². The van der Waals surface area contributed by atoms with Crippen LogP contribution in [0, 0.1) is 12.8 Å². The highest BCUT2D eigenvalue weighted by molar-refractivity contribution is 6.03. The summed E-state index contributed by atoms with van der Waals surface area (Å²) in [5, 5.41) is 12.3. The van der Waals surface area contributed by atoms with Crippen LogP contribution in [-0.4, -0.2) is 65.6 Å². The number of aliphatic hydroxyl groups is 1. The first-order valence-corrected chi connectivity index (χ1v) is 15.9. The van der Waals surface area contributed by atoms with Crippen LogP contribution in [0.25, 0.3) is 0 Å². The minimum Gasteiger partial charge on any atom is -0.486 e. The van der Waals surface area contributed by atoms with E-state index in [1.807, 2.05) is 69.4 Å². The number of fused-ring (bicyclic) bond motifs is 1. The fourth-order valence-electron chi connectivity index (χ4n) is 5.68. The number of carbonyl (C=O) groups excluding carboxylic acids is 2. The van der Waals surface area contributed by atoms with Crippen LogP contribution in [0.15, 0.2) is 97.1 Å². The van der Waals surface area contributed by atoms with Crippen molar-refractivity contribution in [2.24, 2.45) is 5.92 Å². The first kappa shape index (κ1) is 34.5. The zero-order valence-electron chi connectivity index (χ0n) is 27.5. The van der Waals surface area contributed by atoms with E-state index in [0.29, 0.717) is 19.6 Å². The molecule has 0 aliphatic carbocycles. The van der Waals surface area contributed by atoms with E-state index in [0.717, 1.165) is 22.6 Å². The third-order valence-corrected chi connectivity index (χ3v) is 8.55. The van der Waals surface area contributed by atoms with Crippen LogP contribution >= 0.6 is 0 Å². The molecule has 0 bridgehead atoms. The Labute approximate surface area is 279 Å². The second kappa shape index (κ2) is 15.0. The Morgan fingerprint density at radius 2 is 1.73 bits per heavy atom. The van der Waals surface area contributed by atoms with Crippen molar-refractivity contribution in [1.29, 1.82) is 0 Å². The Hall–Kier alpha value is -4.80. The van der Waals surface area contributed by atoms with Crippen LogP contribution in [0.2, 0.25) is 0 Å². The fraction of sp³-hybridized carbons (Fsp3) is 0.316. The lowest BCUT2D eigenvalue weighted by Gasteiger charge is -2.38. The fourth-order valence-corrected chi connectivity index (χ4v) is 5.68. The van der Waals surface area contributed by atoms with Gasteiger partial charge < -0.3 is 24.8 Å². The Kier molecular flexibility index (Phi) is 10.8. The molecule has 48 heavy (non-hydrogen) atoms.